The van der Waals surface area contributed by atoms with Crippen LogP contribution in [0.4, 0.5) is 0 Å². The number of aliphatic carboxylic acids is 1. The summed E-state index contributed by atoms with van der Waals surface area (Å²) in [6.45, 7) is 0. The molecule has 3 aromatic rings. The maximum atomic E-state index is 12.7. The Hall–Kier alpha value is -3.84. The molecular formula is C22H20O12. The molecule has 6 N–H and O–H groups in total. The van der Waals surface area contributed by atoms with E-state index in [-0.39, 0.29) is 17.1 Å². The number of aliphatic hydroxyl groups excluding tert-OH is 3. The van der Waals surface area contributed by atoms with E-state index in [9.17, 15) is 40.2 Å². The summed E-state index contributed by atoms with van der Waals surface area (Å²) in [4.78, 5) is 24.1. The summed E-state index contributed by atoms with van der Waals surface area (Å²) in [5, 5.41) is 59.9. The van der Waals surface area contributed by atoms with E-state index in [4.69, 9.17) is 18.6 Å². The van der Waals surface area contributed by atoms with Gasteiger partial charge in [-0.05, 0) is 0 Å². The van der Waals surface area contributed by atoms with Gasteiger partial charge in [0, 0.05) is 11.6 Å². The Morgan fingerprint density at radius 3 is 2.26 bits per heavy atom. The van der Waals surface area contributed by atoms with Gasteiger partial charge in [0.05, 0.1) is 7.11 Å². The fourth-order valence-corrected chi connectivity index (χ4v) is 3.62. The lowest BCUT2D eigenvalue weighted by atomic mass is 9.99. The molecule has 12 nitrogen and oxygen atoms in total. The minimum Gasteiger partial charge on any atom is -0.504 e. The van der Waals surface area contributed by atoms with Crippen LogP contribution in [-0.4, -0.2) is 74.4 Å². The van der Waals surface area contributed by atoms with Gasteiger partial charge in [0.2, 0.25) is 23.5 Å². The first kappa shape index (κ1) is 23.3. The van der Waals surface area contributed by atoms with E-state index in [1.54, 1.807) is 30.3 Å². The van der Waals surface area contributed by atoms with Gasteiger partial charge in [0.1, 0.15) is 29.5 Å². The third kappa shape index (κ3) is 3.78. The number of methoxy groups -OCH3 is 1. The van der Waals surface area contributed by atoms with Gasteiger partial charge in [-0.15, -0.1) is 0 Å². The number of benzene rings is 2. The van der Waals surface area contributed by atoms with Crippen LogP contribution in [0, 0.1) is 0 Å². The SMILES string of the molecule is COc1c(O[C@H]2O[C@H](C(=O)O)[C@@H](O)[C@H](O)[C@H]2O)c(O)c(O)c2c(=O)cc(-c3ccccc3)oc12. The van der Waals surface area contributed by atoms with E-state index in [1.165, 1.54) is 0 Å². The Labute approximate surface area is 190 Å². The van der Waals surface area contributed by atoms with Crippen LogP contribution in [0.3, 0.4) is 0 Å². The second-order valence-corrected chi connectivity index (χ2v) is 7.46. The van der Waals surface area contributed by atoms with Gasteiger partial charge < -0.3 is 49.3 Å². The summed E-state index contributed by atoms with van der Waals surface area (Å²) in [5.41, 5.74) is -0.512. The zero-order valence-corrected chi connectivity index (χ0v) is 17.5. The van der Waals surface area contributed by atoms with Gasteiger partial charge >= 0.3 is 5.97 Å². The summed E-state index contributed by atoms with van der Waals surface area (Å²) in [5.74, 6) is -4.53. The second-order valence-electron chi connectivity index (χ2n) is 7.46. The molecule has 180 valence electrons. The van der Waals surface area contributed by atoms with Gasteiger partial charge in [0.15, 0.2) is 22.9 Å². The highest BCUT2D eigenvalue weighted by molar-refractivity contribution is 5.95. The van der Waals surface area contributed by atoms with Crippen LogP contribution < -0.4 is 14.9 Å². The number of phenolic OH excluding ortho intramolecular Hbond substituents is 2. The number of phenols is 2. The number of aliphatic hydroxyl groups is 3. The highest BCUT2D eigenvalue weighted by Crippen LogP contribution is 2.50. The van der Waals surface area contributed by atoms with Gasteiger partial charge in [-0.1, -0.05) is 30.3 Å². The molecule has 2 heterocycles. The molecule has 0 unspecified atom stereocenters. The van der Waals surface area contributed by atoms with Crippen LogP contribution in [-0.2, 0) is 9.53 Å². The van der Waals surface area contributed by atoms with Crippen LogP contribution in [0.25, 0.3) is 22.3 Å². The molecule has 4 rings (SSSR count). The van der Waals surface area contributed by atoms with Crippen LogP contribution in [0.5, 0.6) is 23.0 Å². The fourth-order valence-electron chi connectivity index (χ4n) is 3.62. The highest BCUT2D eigenvalue weighted by atomic mass is 16.7. The second kappa shape index (κ2) is 8.83. The lowest BCUT2D eigenvalue weighted by Gasteiger charge is -2.38. The average Bonchev–Trinajstić information content (AvgIpc) is 2.82. The molecule has 1 aromatic heterocycles. The van der Waals surface area contributed by atoms with E-state index in [2.05, 4.69) is 0 Å². The van der Waals surface area contributed by atoms with Crippen molar-refractivity contribution in [3.63, 3.8) is 0 Å². The third-order valence-electron chi connectivity index (χ3n) is 5.35. The van der Waals surface area contributed by atoms with E-state index in [0.717, 1.165) is 13.2 Å². The number of carbonyl (C=O) groups is 1. The number of fused-ring (bicyclic) bond motifs is 1. The molecule has 1 saturated heterocycles. The lowest BCUT2D eigenvalue weighted by Crippen LogP contribution is -2.61. The molecule has 5 atom stereocenters. The predicted octanol–water partition coefficient (Wildman–Crippen LogP) is 0.151. The summed E-state index contributed by atoms with van der Waals surface area (Å²) in [7, 11) is 1.14. The molecule has 0 spiro atoms. The first-order valence-corrected chi connectivity index (χ1v) is 9.90. The Bertz CT molecular complexity index is 1280. The van der Waals surface area contributed by atoms with Gasteiger partial charge in [-0.2, -0.15) is 0 Å². The zero-order chi connectivity index (χ0) is 24.7. The van der Waals surface area contributed by atoms with E-state index in [0.29, 0.717) is 5.56 Å². The van der Waals surface area contributed by atoms with Crippen LogP contribution >= 0.6 is 0 Å². The number of aromatic hydroxyl groups is 2. The molecule has 0 bridgehead atoms. The molecule has 0 saturated carbocycles. The minimum absolute atomic E-state index is 0.103. The van der Waals surface area contributed by atoms with Gasteiger partial charge in [0.25, 0.3) is 0 Å². The number of carboxylic acids is 1. The van der Waals surface area contributed by atoms with Crippen molar-refractivity contribution in [3.05, 3.63) is 46.6 Å². The maximum Gasteiger partial charge on any atom is 0.335 e. The van der Waals surface area contributed by atoms with Crippen molar-refractivity contribution in [2.45, 2.75) is 30.7 Å². The summed E-state index contributed by atoms with van der Waals surface area (Å²) in [6.07, 6.45) is -9.83. The Balaban J connectivity index is 1.87. The lowest BCUT2D eigenvalue weighted by molar-refractivity contribution is -0.271. The number of carboxylic acid groups (broad SMARTS) is 1. The summed E-state index contributed by atoms with van der Waals surface area (Å²) in [6, 6.07) is 9.61. The van der Waals surface area contributed by atoms with Crippen LogP contribution in [0.1, 0.15) is 0 Å². The van der Waals surface area contributed by atoms with Gasteiger partial charge in [-0.3, -0.25) is 4.79 Å². The quantitative estimate of drug-likeness (QED) is 0.273. The first-order valence-electron chi connectivity index (χ1n) is 9.90. The first-order chi connectivity index (χ1) is 16.1. The monoisotopic (exact) mass is 476 g/mol. The van der Waals surface area contributed by atoms with E-state index in [1.807, 2.05) is 0 Å². The van der Waals surface area contributed by atoms with Crippen molar-refractivity contribution in [2.24, 2.45) is 0 Å². The Morgan fingerprint density at radius 2 is 1.65 bits per heavy atom. The van der Waals surface area contributed by atoms with Crippen molar-refractivity contribution in [1.82, 2.24) is 0 Å². The van der Waals surface area contributed by atoms with E-state index >= 15 is 0 Å². The predicted molar refractivity (Wildman–Crippen MR) is 113 cm³/mol. The molecule has 0 radical (unpaired) electrons. The van der Waals surface area contributed by atoms with E-state index < -0.39 is 64.7 Å². The zero-order valence-electron chi connectivity index (χ0n) is 17.5. The molecule has 12 heteroatoms. The van der Waals surface area contributed by atoms with Crippen molar-refractivity contribution in [3.8, 4) is 34.3 Å². The number of ether oxygens (including phenoxy) is 3. The smallest absolute Gasteiger partial charge is 0.335 e. The third-order valence-corrected chi connectivity index (χ3v) is 5.35. The largest absolute Gasteiger partial charge is 0.504 e. The maximum absolute atomic E-state index is 12.7. The summed E-state index contributed by atoms with van der Waals surface area (Å²) < 4.78 is 21.5. The molecule has 0 amide bonds. The Morgan fingerprint density at radius 1 is 0.971 bits per heavy atom. The molecule has 2 aromatic carbocycles. The normalized spacial score (nSPS) is 24.6. The molecule has 34 heavy (non-hydrogen) atoms. The molecule has 0 aliphatic carbocycles. The van der Waals surface area contributed by atoms with Crippen molar-refractivity contribution >= 4 is 16.9 Å². The highest BCUT2D eigenvalue weighted by Gasteiger charge is 2.48. The molecule has 1 aliphatic heterocycles. The number of hydrogen-bond acceptors (Lipinski definition) is 11. The van der Waals surface area contributed by atoms with Crippen molar-refractivity contribution < 1.29 is 54.1 Å². The van der Waals surface area contributed by atoms with Crippen LogP contribution in [0.15, 0.2) is 45.6 Å². The summed E-state index contributed by atoms with van der Waals surface area (Å²) >= 11 is 0. The molecular weight excluding hydrogens is 456 g/mol. The van der Waals surface area contributed by atoms with Crippen molar-refractivity contribution in [1.29, 1.82) is 0 Å². The molecule has 1 fully saturated rings. The van der Waals surface area contributed by atoms with Crippen LogP contribution in [0.2, 0.25) is 0 Å². The topological polar surface area (TPSA) is 196 Å². The van der Waals surface area contributed by atoms with Gasteiger partial charge in [-0.25, -0.2) is 4.79 Å². The fraction of sp³-hybridized carbons (Fsp3) is 0.273. The number of hydrogen-bond donors (Lipinski definition) is 6. The minimum atomic E-state index is -1.98. The molecule has 1 aliphatic rings. The Kier molecular flexibility index (Phi) is 6.06. The standard InChI is InChI=1S/C22H20O12/c1-31-20-17-11(9(23)7-10(32-17)8-5-3-2-4-6-8)12(24)14(26)18(20)33-22-16(28)13(25)15(27)19(34-22)21(29)30/h2-7,13,15-16,19,22,24-28H,1H3,(H,29,30)/t13-,15-,16+,19-,22-/m0/s1. The number of rotatable bonds is 5. The van der Waals surface area contributed by atoms with Crippen molar-refractivity contribution in [2.75, 3.05) is 7.11 Å². The average molecular weight is 476 g/mol.